The van der Waals surface area contributed by atoms with E-state index in [9.17, 15) is 14.3 Å². The lowest BCUT2D eigenvalue weighted by molar-refractivity contribution is -0.0847. The molecule has 2 heterocycles. The normalized spacial score (nSPS) is 25.1. The van der Waals surface area contributed by atoms with E-state index in [1.807, 2.05) is 13.8 Å². The third-order valence-electron chi connectivity index (χ3n) is 5.34. The summed E-state index contributed by atoms with van der Waals surface area (Å²) in [4.78, 5) is 26.8. The summed E-state index contributed by atoms with van der Waals surface area (Å²) in [5.41, 5.74) is 9.94. The highest BCUT2D eigenvalue weighted by atomic mass is 31.2. The van der Waals surface area contributed by atoms with E-state index in [0.717, 1.165) is 25.7 Å². The van der Waals surface area contributed by atoms with Gasteiger partial charge in [-0.2, -0.15) is 4.98 Å². The van der Waals surface area contributed by atoms with Crippen molar-refractivity contribution in [2.75, 3.05) is 25.5 Å². The molecule has 0 amide bonds. The summed E-state index contributed by atoms with van der Waals surface area (Å²) < 4.78 is 37.7. The molecule has 0 bridgehead atoms. The Morgan fingerprint density at radius 2 is 1.91 bits per heavy atom. The first-order chi connectivity index (χ1) is 15.6. The highest BCUT2D eigenvalue weighted by Gasteiger charge is 2.50. The number of rotatable bonds is 14. The maximum Gasteiger partial charge on any atom is 0.351 e. The maximum atomic E-state index is 12.8. The predicted octanol–water partition coefficient (Wildman–Crippen LogP) is 2.03. The lowest BCUT2D eigenvalue weighted by Crippen LogP contribution is -2.40. The molecule has 1 saturated heterocycles. The Morgan fingerprint density at radius 1 is 1.21 bits per heavy atom. The van der Waals surface area contributed by atoms with Crippen LogP contribution in [0.2, 0.25) is 0 Å². The van der Waals surface area contributed by atoms with Crippen LogP contribution in [0.5, 0.6) is 0 Å². The molecule has 0 radical (unpaired) electrons. The van der Waals surface area contributed by atoms with Crippen LogP contribution in [-0.4, -0.2) is 64.3 Å². The van der Waals surface area contributed by atoms with Gasteiger partial charge in [-0.25, -0.2) is 4.79 Å². The van der Waals surface area contributed by atoms with Crippen molar-refractivity contribution in [1.29, 1.82) is 0 Å². The van der Waals surface area contributed by atoms with Gasteiger partial charge in [0.1, 0.15) is 24.1 Å². The molecule has 12 heteroatoms. The number of unbranched alkanes of at least 4 members (excludes halogenated alkanes) is 3. The second-order valence-corrected chi connectivity index (χ2v) is 11.1. The van der Waals surface area contributed by atoms with Gasteiger partial charge in [0, 0.05) is 12.8 Å². The molecule has 1 fully saturated rings. The summed E-state index contributed by atoms with van der Waals surface area (Å²) in [7, 11) is -3.98. The fourth-order valence-electron chi connectivity index (χ4n) is 3.39. The molecule has 1 aliphatic rings. The van der Waals surface area contributed by atoms with Crippen LogP contribution < -0.4 is 17.2 Å². The summed E-state index contributed by atoms with van der Waals surface area (Å²) in [6, 6.07) is 1.48. The van der Waals surface area contributed by atoms with Crippen LogP contribution in [0.15, 0.2) is 17.1 Å². The average molecular weight is 491 g/mol. The number of nitrogens with two attached hydrogens (primary N) is 2. The maximum absolute atomic E-state index is 12.8. The highest BCUT2D eigenvalue weighted by molar-refractivity contribution is 7.53. The number of nitrogens with zero attached hydrogens (tertiary/aromatic N) is 2. The van der Waals surface area contributed by atoms with E-state index < -0.39 is 43.5 Å². The highest BCUT2D eigenvalue weighted by Crippen LogP contribution is 2.51. The molecule has 11 nitrogen and oxygen atoms in total. The van der Waals surface area contributed by atoms with E-state index in [1.165, 1.54) is 16.8 Å². The average Bonchev–Trinajstić information content (AvgIpc) is 3.05. The molecule has 1 aliphatic heterocycles. The van der Waals surface area contributed by atoms with E-state index in [0.29, 0.717) is 13.2 Å². The minimum atomic E-state index is -3.98. The van der Waals surface area contributed by atoms with E-state index >= 15 is 0 Å². The Kier molecular flexibility index (Phi) is 10.9. The Hall–Kier alpha value is -1.33. The molecule has 1 aromatic heterocycles. The molecule has 33 heavy (non-hydrogen) atoms. The third-order valence-corrected chi connectivity index (χ3v) is 7.19. The van der Waals surface area contributed by atoms with Gasteiger partial charge < -0.3 is 30.6 Å². The summed E-state index contributed by atoms with van der Waals surface area (Å²) in [6.07, 6.45) is 1.56. The lowest BCUT2D eigenvalue weighted by atomic mass is 10.1. The molecular formula is C21H39N4O7P. The second-order valence-electron chi connectivity index (χ2n) is 8.76. The number of hydrogen-bond donors (Lipinski definition) is 3. The number of aromatic nitrogens is 2. The van der Waals surface area contributed by atoms with Gasteiger partial charge in [0.2, 0.25) is 0 Å². The zero-order chi connectivity index (χ0) is 24.6. The summed E-state index contributed by atoms with van der Waals surface area (Å²) >= 11 is 0. The van der Waals surface area contributed by atoms with Crippen molar-refractivity contribution in [1.82, 2.24) is 9.55 Å². The molecule has 5 atom stereocenters. The molecule has 190 valence electrons. The van der Waals surface area contributed by atoms with Gasteiger partial charge in [-0.3, -0.25) is 13.7 Å². The number of ether oxygens (including phenoxy) is 3. The van der Waals surface area contributed by atoms with Crippen molar-refractivity contribution < 1.29 is 28.2 Å². The van der Waals surface area contributed by atoms with Crippen molar-refractivity contribution >= 4 is 13.4 Å². The molecule has 0 saturated carbocycles. The van der Waals surface area contributed by atoms with E-state index in [-0.39, 0.29) is 18.5 Å². The zero-order valence-electron chi connectivity index (χ0n) is 20.0. The quantitative estimate of drug-likeness (QED) is 0.260. The molecular weight excluding hydrogens is 451 g/mol. The SMILES string of the molecule is CC(C)OC[C@H]1O[C@@H](n2ccc(N)nc2=O)[C@H](OCCCCCCN)[C@@H]1OP(=O)(O)C(C)C. The van der Waals surface area contributed by atoms with Gasteiger partial charge >= 0.3 is 13.3 Å². The number of anilines is 1. The summed E-state index contributed by atoms with van der Waals surface area (Å²) in [6.45, 7) is 8.06. The molecule has 0 spiro atoms. The number of hydrogen-bond acceptors (Lipinski definition) is 9. The first-order valence-corrected chi connectivity index (χ1v) is 13.2. The second kappa shape index (κ2) is 12.9. The van der Waals surface area contributed by atoms with Crippen LogP contribution in [0.25, 0.3) is 0 Å². The first kappa shape index (κ1) is 27.9. The Balaban J connectivity index is 2.32. The molecule has 0 aliphatic carbocycles. The van der Waals surface area contributed by atoms with Crippen LogP contribution in [0.3, 0.4) is 0 Å². The van der Waals surface area contributed by atoms with Gasteiger partial charge in [-0.1, -0.05) is 26.7 Å². The third kappa shape index (κ3) is 8.13. The number of nitrogen functional groups attached to an aromatic ring is 1. The van der Waals surface area contributed by atoms with Crippen LogP contribution in [-0.2, 0) is 23.3 Å². The summed E-state index contributed by atoms with van der Waals surface area (Å²) in [5.74, 6) is 0.0822. The van der Waals surface area contributed by atoms with Gasteiger partial charge in [-0.05, 0) is 39.3 Å². The fourth-order valence-corrected chi connectivity index (χ4v) is 4.24. The van der Waals surface area contributed by atoms with Gasteiger partial charge in [0.15, 0.2) is 6.23 Å². The topological polar surface area (TPSA) is 161 Å². The van der Waals surface area contributed by atoms with Gasteiger partial charge in [0.05, 0.1) is 18.4 Å². The van der Waals surface area contributed by atoms with E-state index in [4.69, 9.17) is 30.2 Å². The minimum absolute atomic E-state index is 0.0822. The Morgan fingerprint density at radius 3 is 2.52 bits per heavy atom. The van der Waals surface area contributed by atoms with Crippen molar-refractivity contribution in [3.63, 3.8) is 0 Å². The van der Waals surface area contributed by atoms with Crippen LogP contribution in [0.4, 0.5) is 5.82 Å². The van der Waals surface area contributed by atoms with Crippen molar-refractivity contribution in [2.24, 2.45) is 5.73 Å². The summed E-state index contributed by atoms with van der Waals surface area (Å²) in [5, 5.41) is 0. The Bertz CT molecular complexity index is 835. The Labute approximate surface area is 195 Å². The van der Waals surface area contributed by atoms with Crippen molar-refractivity contribution in [2.45, 2.75) is 89.7 Å². The first-order valence-electron chi connectivity index (χ1n) is 11.5. The molecule has 5 N–H and O–H groups in total. The molecule has 0 aromatic carbocycles. The fraction of sp³-hybridized carbons (Fsp3) is 0.810. The monoisotopic (exact) mass is 490 g/mol. The van der Waals surface area contributed by atoms with E-state index in [1.54, 1.807) is 13.8 Å². The molecule has 2 rings (SSSR count). The van der Waals surface area contributed by atoms with Gasteiger partial charge in [-0.15, -0.1) is 0 Å². The molecule has 1 aromatic rings. The predicted molar refractivity (Wildman–Crippen MR) is 125 cm³/mol. The van der Waals surface area contributed by atoms with Crippen LogP contribution in [0.1, 0.15) is 59.6 Å². The van der Waals surface area contributed by atoms with E-state index in [2.05, 4.69) is 4.98 Å². The van der Waals surface area contributed by atoms with Crippen LogP contribution in [0, 0.1) is 0 Å². The largest absolute Gasteiger partial charge is 0.383 e. The molecule has 1 unspecified atom stereocenters. The zero-order valence-corrected chi connectivity index (χ0v) is 20.9. The van der Waals surface area contributed by atoms with Crippen LogP contribution >= 0.6 is 7.60 Å². The lowest BCUT2D eigenvalue weighted by Gasteiger charge is -2.28. The smallest absolute Gasteiger partial charge is 0.351 e. The standard InChI is InChI=1S/C21H39N4O7P/c1-14(2)30-13-16-18(32-33(27,28)15(3)4)19(29-12-8-6-5-7-10-22)20(31-16)25-11-9-17(23)24-21(25)26/h9,11,14-16,18-20H,5-8,10,12-13,22H2,1-4H3,(H,27,28)(H2,23,24,26)/t16-,18-,19-,20-/m1/s1. The van der Waals surface area contributed by atoms with Crippen molar-refractivity contribution in [3.8, 4) is 0 Å². The minimum Gasteiger partial charge on any atom is -0.383 e. The van der Waals surface area contributed by atoms with Gasteiger partial charge in [0.25, 0.3) is 0 Å². The van der Waals surface area contributed by atoms with Crippen molar-refractivity contribution in [3.05, 3.63) is 22.7 Å².